The molecule has 0 saturated carbocycles. The van der Waals surface area contributed by atoms with Crippen LogP contribution in [0.5, 0.6) is 0 Å². The van der Waals surface area contributed by atoms with Gasteiger partial charge in [0.25, 0.3) is 0 Å². The molecule has 0 bridgehead atoms. The van der Waals surface area contributed by atoms with Gasteiger partial charge in [-0.3, -0.25) is 0 Å². The Bertz CT molecular complexity index is 641. The Morgan fingerprint density at radius 3 is 2.75 bits per heavy atom. The van der Waals surface area contributed by atoms with Crippen LogP contribution in [0.2, 0.25) is 5.02 Å². The van der Waals surface area contributed by atoms with Crippen LogP contribution < -0.4 is 4.90 Å². The third-order valence-corrected chi connectivity index (χ3v) is 4.52. The van der Waals surface area contributed by atoms with E-state index in [1.165, 1.54) is 0 Å². The summed E-state index contributed by atoms with van der Waals surface area (Å²) < 4.78 is 37.6. The van der Waals surface area contributed by atoms with E-state index >= 15 is 0 Å². The Balaban J connectivity index is 1.85. The van der Waals surface area contributed by atoms with E-state index in [2.05, 4.69) is 10.2 Å². The summed E-state index contributed by atoms with van der Waals surface area (Å²) >= 11 is 6.68. The van der Waals surface area contributed by atoms with Crippen LogP contribution in [-0.2, 0) is 19.1 Å². The molecular weight excluding hydrogens is 311 g/mol. The van der Waals surface area contributed by atoms with Crippen LogP contribution in [0.3, 0.4) is 0 Å². The Morgan fingerprint density at radius 1 is 1.25 bits per heavy atom. The van der Waals surface area contributed by atoms with Crippen LogP contribution in [0.4, 0.5) is 18.3 Å². The van der Waals surface area contributed by atoms with E-state index in [1.807, 2.05) is 18.2 Å². The lowest BCUT2D eigenvalue weighted by Crippen LogP contribution is -2.30. The molecule has 2 aromatic rings. The van der Waals surface area contributed by atoms with Crippen molar-refractivity contribution in [1.29, 1.82) is 0 Å². The number of halogens is 4. The van der Waals surface area contributed by atoms with Crippen molar-refractivity contribution in [3.05, 3.63) is 39.4 Å². The van der Waals surface area contributed by atoms with Crippen LogP contribution in [0.15, 0.2) is 18.2 Å². The third kappa shape index (κ3) is 2.47. The maximum atomic E-state index is 12.5. The van der Waals surface area contributed by atoms with Crippen LogP contribution >= 0.6 is 22.9 Å². The minimum Gasteiger partial charge on any atom is -0.342 e. The van der Waals surface area contributed by atoms with E-state index < -0.39 is 11.2 Å². The minimum atomic E-state index is -4.44. The summed E-state index contributed by atoms with van der Waals surface area (Å²) in [6.45, 7) is 1.09. The highest BCUT2D eigenvalue weighted by atomic mass is 35.5. The number of hydrogen-bond donors (Lipinski definition) is 0. The normalized spacial score (nSPS) is 15.3. The van der Waals surface area contributed by atoms with Gasteiger partial charge in [-0.2, -0.15) is 13.2 Å². The van der Waals surface area contributed by atoms with Crippen molar-refractivity contribution in [1.82, 2.24) is 10.2 Å². The molecule has 106 valence electrons. The lowest BCUT2D eigenvalue weighted by Gasteiger charge is -2.28. The first kappa shape index (κ1) is 13.6. The monoisotopic (exact) mass is 319 g/mol. The predicted octanol–water partition coefficient (Wildman–Crippen LogP) is 3.77. The molecule has 0 atom stereocenters. The van der Waals surface area contributed by atoms with E-state index in [1.54, 1.807) is 4.90 Å². The molecule has 0 aliphatic carbocycles. The van der Waals surface area contributed by atoms with E-state index in [0.29, 0.717) is 41.0 Å². The Hall–Kier alpha value is -1.34. The SMILES string of the molecule is FC(F)(F)c1nnc(N2CCc3c(Cl)cccc3C2)s1. The van der Waals surface area contributed by atoms with Gasteiger partial charge in [-0.1, -0.05) is 35.1 Å². The number of nitrogens with zero attached hydrogens (tertiary/aromatic N) is 3. The summed E-state index contributed by atoms with van der Waals surface area (Å²) in [5.41, 5.74) is 2.08. The predicted molar refractivity (Wildman–Crippen MR) is 71.1 cm³/mol. The first-order valence-corrected chi connectivity index (χ1v) is 7.06. The van der Waals surface area contributed by atoms with Crippen molar-refractivity contribution < 1.29 is 13.2 Å². The number of fused-ring (bicyclic) bond motifs is 1. The highest BCUT2D eigenvalue weighted by Crippen LogP contribution is 2.36. The maximum Gasteiger partial charge on any atom is 0.445 e. The number of hydrogen-bond acceptors (Lipinski definition) is 4. The number of benzene rings is 1. The van der Waals surface area contributed by atoms with Crippen LogP contribution in [0.1, 0.15) is 16.1 Å². The second-order valence-corrected chi connectivity index (χ2v) is 5.80. The van der Waals surface area contributed by atoms with Crippen LogP contribution in [0.25, 0.3) is 0 Å². The molecule has 0 spiro atoms. The Morgan fingerprint density at radius 2 is 2.05 bits per heavy atom. The van der Waals surface area contributed by atoms with Gasteiger partial charge in [0.1, 0.15) is 0 Å². The molecule has 1 aliphatic rings. The van der Waals surface area contributed by atoms with Crippen molar-refractivity contribution in [3.8, 4) is 0 Å². The summed E-state index contributed by atoms with van der Waals surface area (Å²) in [5.74, 6) is 0. The molecule has 3 nitrogen and oxygen atoms in total. The van der Waals surface area contributed by atoms with E-state index in [0.717, 1.165) is 11.1 Å². The number of aromatic nitrogens is 2. The molecule has 8 heteroatoms. The second-order valence-electron chi connectivity index (χ2n) is 4.44. The van der Waals surface area contributed by atoms with Gasteiger partial charge in [0.2, 0.25) is 10.1 Å². The van der Waals surface area contributed by atoms with Crippen molar-refractivity contribution >= 4 is 28.1 Å². The van der Waals surface area contributed by atoms with Gasteiger partial charge in [0.05, 0.1) is 0 Å². The highest BCUT2D eigenvalue weighted by Gasteiger charge is 2.36. The zero-order chi connectivity index (χ0) is 14.3. The summed E-state index contributed by atoms with van der Waals surface area (Å²) in [6, 6.07) is 5.59. The molecule has 1 aromatic carbocycles. The zero-order valence-corrected chi connectivity index (χ0v) is 11.7. The minimum absolute atomic E-state index is 0.294. The van der Waals surface area contributed by atoms with Gasteiger partial charge in [0.15, 0.2) is 0 Å². The summed E-state index contributed by atoms with van der Waals surface area (Å²) in [5, 5.41) is 6.94. The first-order valence-electron chi connectivity index (χ1n) is 5.87. The lowest BCUT2D eigenvalue weighted by molar-refractivity contribution is -0.138. The molecule has 0 saturated heterocycles. The zero-order valence-electron chi connectivity index (χ0n) is 10.1. The van der Waals surface area contributed by atoms with Gasteiger partial charge in [-0.15, -0.1) is 10.2 Å². The Kier molecular flexibility index (Phi) is 3.33. The van der Waals surface area contributed by atoms with Crippen molar-refractivity contribution in [2.24, 2.45) is 0 Å². The molecule has 0 radical (unpaired) electrons. The average molecular weight is 320 g/mol. The van der Waals surface area contributed by atoms with Gasteiger partial charge < -0.3 is 4.90 Å². The van der Waals surface area contributed by atoms with E-state index in [4.69, 9.17) is 11.6 Å². The third-order valence-electron chi connectivity index (χ3n) is 3.14. The molecule has 0 fully saturated rings. The fourth-order valence-corrected chi connectivity index (χ4v) is 3.21. The fraction of sp³-hybridized carbons (Fsp3) is 0.333. The maximum absolute atomic E-state index is 12.5. The standard InChI is InChI=1S/C12H9ClF3N3S/c13-9-3-1-2-7-6-19(5-4-8(7)9)11-18-17-10(20-11)12(14,15)16/h1-3H,4-6H2. The van der Waals surface area contributed by atoms with Crippen molar-refractivity contribution in [2.75, 3.05) is 11.4 Å². The molecule has 0 N–H and O–H groups in total. The van der Waals surface area contributed by atoms with E-state index in [9.17, 15) is 13.2 Å². The molecule has 1 aliphatic heterocycles. The largest absolute Gasteiger partial charge is 0.445 e. The highest BCUT2D eigenvalue weighted by molar-refractivity contribution is 7.15. The van der Waals surface area contributed by atoms with Gasteiger partial charge in [-0.25, -0.2) is 0 Å². The van der Waals surface area contributed by atoms with Crippen LogP contribution in [-0.4, -0.2) is 16.7 Å². The molecule has 0 unspecified atom stereocenters. The number of alkyl halides is 3. The molecular formula is C12H9ClF3N3S. The smallest absolute Gasteiger partial charge is 0.342 e. The van der Waals surface area contributed by atoms with Gasteiger partial charge >= 0.3 is 6.18 Å². The quantitative estimate of drug-likeness (QED) is 0.801. The molecule has 3 rings (SSSR count). The molecule has 1 aromatic heterocycles. The van der Waals surface area contributed by atoms with Gasteiger partial charge in [-0.05, 0) is 23.6 Å². The topological polar surface area (TPSA) is 29.0 Å². The molecule has 0 amide bonds. The molecule has 2 heterocycles. The lowest BCUT2D eigenvalue weighted by atomic mass is 10.0. The number of anilines is 1. The van der Waals surface area contributed by atoms with E-state index in [-0.39, 0.29) is 0 Å². The number of rotatable bonds is 1. The van der Waals surface area contributed by atoms with Crippen LogP contribution in [0, 0.1) is 0 Å². The van der Waals surface area contributed by atoms with Gasteiger partial charge in [0, 0.05) is 18.1 Å². The summed E-state index contributed by atoms with van der Waals surface area (Å²) in [4.78, 5) is 1.80. The average Bonchev–Trinajstić information content (AvgIpc) is 2.88. The van der Waals surface area contributed by atoms with Crippen molar-refractivity contribution in [2.45, 2.75) is 19.1 Å². The second kappa shape index (κ2) is 4.89. The summed E-state index contributed by atoms with van der Waals surface area (Å²) in [7, 11) is 0. The fourth-order valence-electron chi connectivity index (χ4n) is 2.18. The van der Waals surface area contributed by atoms with Crippen molar-refractivity contribution in [3.63, 3.8) is 0 Å². The summed E-state index contributed by atoms with van der Waals surface area (Å²) in [6.07, 6.45) is -3.75. The first-order chi connectivity index (χ1) is 9.45. The molecule has 20 heavy (non-hydrogen) atoms. The Labute approximate surface area is 122 Å².